The van der Waals surface area contributed by atoms with Gasteiger partial charge in [-0.05, 0) is 19.1 Å². The van der Waals surface area contributed by atoms with Crippen LogP contribution in [0.4, 0.5) is 0 Å². The first-order valence-electron chi connectivity index (χ1n) is 3.36. The maximum Gasteiger partial charge on any atom is 0.148 e. The second kappa shape index (κ2) is 2.88. The van der Waals surface area contributed by atoms with Crippen LogP contribution in [0.2, 0.25) is 0 Å². The molecule has 0 fully saturated rings. The summed E-state index contributed by atoms with van der Waals surface area (Å²) in [4.78, 5) is 2.08. The number of methoxy groups -OCH3 is 1. The highest BCUT2D eigenvalue weighted by molar-refractivity contribution is 5.16. The zero-order valence-electron chi connectivity index (χ0n) is 6.66. The largest absolute Gasteiger partial charge is 0.358 e. The Kier molecular flexibility index (Phi) is 2.12. The van der Waals surface area contributed by atoms with Gasteiger partial charge in [-0.3, -0.25) is 0 Å². The lowest BCUT2D eigenvalue weighted by molar-refractivity contribution is 0.0371. The van der Waals surface area contributed by atoms with Crippen LogP contribution in [0.15, 0.2) is 23.9 Å². The molecule has 1 atom stereocenters. The number of rotatable bonds is 1. The van der Waals surface area contributed by atoms with Gasteiger partial charge in [-0.25, -0.2) is 0 Å². The van der Waals surface area contributed by atoms with E-state index in [0.29, 0.717) is 0 Å². The molecule has 56 valence electrons. The third kappa shape index (κ3) is 1.21. The zero-order valence-corrected chi connectivity index (χ0v) is 6.66. The van der Waals surface area contributed by atoms with Crippen molar-refractivity contribution in [3.05, 3.63) is 23.9 Å². The minimum atomic E-state index is 0.116. The van der Waals surface area contributed by atoms with Crippen molar-refractivity contribution in [3.8, 4) is 0 Å². The minimum Gasteiger partial charge on any atom is -0.358 e. The molecule has 0 aliphatic carbocycles. The molecule has 2 heteroatoms. The van der Waals surface area contributed by atoms with Gasteiger partial charge in [0.1, 0.15) is 6.23 Å². The molecule has 0 aromatic carbocycles. The van der Waals surface area contributed by atoms with E-state index in [0.717, 1.165) is 0 Å². The summed E-state index contributed by atoms with van der Waals surface area (Å²) in [5, 5.41) is 0. The first-order valence-corrected chi connectivity index (χ1v) is 3.36. The van der Waals surface area contributed by atoms with E-state index in [9.17, 15) is 0 Å². The van der Waals surface area contributed by atoms with Crippen LogP contribution in [0.5, 0.6) is 0 Å². The Bertz CT molecular complexity index is 172. The smallest absolute Gasteiger partial charge is 0.148 e. The van der Waals surface area contributed by atoms with Crippen molar-refractivity contribution in [3.63, 3.8) is 0 Å². The molecule has 0 bridgehead atoms. The van der Waals surface area contributed by atoms with Gasteiger partial charge in [0.05, 0.1) is 0 Å². The lowest BCUT2D eigenvalue weighted by atomic mass is 10.2. The highest BCUT2D eigenvalue weighted by atomic mass is 16.5. The zero-order chi connectivity index (χ0) is 7.56. The molecular formula is C8H13NO. The van der Waals surface area contributed by atoms with E-state index in [1.165, 1.54) is 5.70 Å². The van der Waals surface area contributed by atoms with E-state index in [1.54, 1.807) is 7.11 Å². The molecule has 1 unspecified atom stereocenters. The summed E-state index contributed by atoms with van der Waals surface area (Å²) in [6.45, 7) is 2.06. The third-order valence-corrected chi connectivity index (χ3v) is 1.79. The molecule has 0 aromatic heterocycles. The molecule has 1 aliphatic rings. The minimum absolute atomic E-state index is 0.116. The summed E-state index contributed by atoms with van der Waals surface area (Å²) >= 11 is 0. The average molecular weight is 139 g/mol. The van der Waals surface area contributed by atoms with Gasteiger partial charge in [-0.1, -0.05) is 6.08 Å². The van der Waals surface area contributed by atoms with E-state index >= 15 is 0 Å². The molecule has 0 spiro atoms. The normalized spacial score (nSPS) is 24.9. The Morgan fingerprint density at radius 3 is 2.80 bits per heavy atom. The van der Waals surface area contributed by atoms with E-state index in [4.69, 9.17) is 4.74 Å². The van der Waals surface area contributed by atoms with Crippen LogP contribution in [0.3, 0.4) is 0 Å². The fraction of sp³-hybridized carbons (Fsp3) is 0.500. The number of nitrogens with zero attached hydrogens (tertiary/aromatic N) is 1. The lowest BCUT2D eigenvalue weighted by Gasteiger charge is -2.28. The molecule has 1 rings (SSSR count). The molecule has 0 saturated carbocycles. The van der Waals surface area contributed by atoms with Crippen molar-refractivity contribution in [2.24, 2.45) is 0 Å². The molecule has 1 aliphatic heterocycles. The monoisotopic (exact) mass is 139 g/mol. The third-order valence-electron chi connectivity index (χ3n) is 1.79. The van der Waals surface area contributed by atoms with Crippen LogP contribution in [-0.4, -0.2) is 25.3 Å². The van der Waals surface area contributed by atoms with Gasteiger partial charge in [0.15, 0.2) is 0 Å². The van der Waals surface area contributed by atoms with Crippen LogP contribution in [0.25, 0.3) is 0 Å². The van der Waals surface area contributed by atoms with Crippen molar-refractivity contribution in [2.45, 2.75) is 13.2 Å². The van der Waals surface area contributed by atoms with E-state index < -0.39 is 0 Å². The Labute approximate surface area is 61.8 Å². The van der Waals surface area contributed by atoms with Crippen molar-refractivity contribution in [2.75, 3.05) is 14.2 Å². The predicted molar refractivity (Wildman–Crippen MR) is 41.5 cm³/mol. The highest BCUT2D eigenvalue weighted by Gasteiger charge is 2.11. The highest BCUT2D eigenvalue weighted by Crippen LogP contribution is 2.12. The van der Waals surface area contributed by atoms with Crippen LogP contribution in [0, 0.1) is 0 Å². The summed E-state index contributed by atoms with van der Waals surface area (Å²) in [6, 6.07) is 0. The Balaban J connectivity index is 2.68. The molecule has 0 N–H and O–H groups in total. The van der Waals surface area contributed by atoms with E-state index in [-0.39, 0.29) is 6.23 Å². The molecule has 0 saturated heterocycles. The maximum atomic E-state index is 5.17. The average Bonchev–Trinajstić information content (AvgIpc) is 1.95. The summed E-state index contributed by atoms with van der Waals surface area (Å²) in [6.07, 6.45) is 6.22. The Morgan fingerprint density at radius 1 is 1.60 bits per heavy atom. The topological polar surface area (TPSA) is 12.5 Å². The quantitative estimate of drug-likeness (QED) is 0.544. The molecule has 0 aromatic rings. The first kappa shape index (κ1) is 7.35. The molecular weight excluding hydrogens is 126 g/mol. The number of hydrogen-bond acceptors (Lipinski definition) is 2. The van der Waals surface area contributed by atoms with Gasteiger partial charge >= 0.3 is 0 Å². The molecule has 2 nitrogen and oxygen atoms in total. The van der Waals surface area contributed by atoms with Gasteiger partial charge < -0.3 is 9.64 Å². The van der Waals surface area contributed by atoms with Gasteiger partial charge in [-0.15, -0.1) is 0 Å². The number of likely N-dealkylation sites (N-methyl/N-ethyl adjacent to an activating group) is 1. The van der Waals surface area contributed by atoms with Gasteiger partial charge in [0.25, 0.3) is 0 Å². The van der Waals surface area contributed by atoms with Crippen molar-refractivity contribution < 1.29 is 4.74 Å². The second-order valence-corrected chi connectivity index (χ2v) is 2.43. The number of hydrogen-bond donors (Lipinski definition) is 0. The van der Waals surface area contributed by atoms with Crippen LogP contribution in [0.1, 0.15) is 6.92 Å². The Hall–Kier alpha value is -0.760. The summed E-state index contributed by atoms with van der Waals surface area (Å²) in [5.41, 5.74) is 1.23. The number of ether oxygens (including phenoxy) is 1. The van der Waals surface area contributed by atoms with Gasteiger partial charge in [0, 0.05) is 19.9 Å². The van der Waals surface area contributed by atoms with E-state index in [2.05, 4.69) is 17.9 Å². The van der Waals surface area contributed by atoms with Crippen molar-refractivity contribution in [1.29, 1.82) is 0 Å². The molecule has 10 heavy (non-hydrogen) atoms. The van der Waals surface area contributed by atoms with Gasteiger partial charge in [0.2, 0.25) is 0 Å². The summed E-state index contributed by atoms with van der Waals surface area (Å²) in [7, 11) is 3.73. The molecule has 0 radical (unpaired) electrons. The second-order valence-electron chi connectivity index (χ2n) is 2.43. The van der Waals surface area contributed by atoms with Gasteiger partial charge in [-0.2, -0.15) is 0 Å². The predicted octanol–water partition coefficient (Wildman–Crippen LogP) is 1.36. The van der Waals surface area contributed by atoms with Crippen LogP contribution < -0.4 is 0 Å². The van der Waals surface area contributed by atoms with Crippen LogP contribution in [-0.2, 0) is 4.74 Å². The van der Waals surface area contributed by atoms with E-state index in [1.807, 2.05) is 19.2 Å². The maximum absolute atomic E-state index is 5.17. The SMILES string of the molecule is COC1C=CC=C(C)N1C. The van der Waals surface area contributed by atoms with Crippen LogP contribution >= 0.6 is 0 Å². The standard InChI is InChI=1S/C8H13NO/c1-7-5-4-6-8(10-3)9(7)2/h4-6,8H,1-3H3. The van der Waals surface area contributed by atoms with Crippen molar-refractivity contribution in [1.82, 2.24) is 4.90 Å². The summed E-state index contributed by atoms with van der Waals surface area (Å²) in [5.74, 6) is 0. The number of allylic oxidation sites excluding steroid dienone is 3. The van der Waals surface area contributed by atoms with Crippen molar-refractivity contribution >= 4 is 0 Å². The summed E-state index contributed by atoms with van der Waals surface area (Å²) < 4.78 is 5.17. The fourth-order valence-corrected chi connectivity index (χ4v) is 0.974. The molecule has 0 amide bonds. The lowest BCUT2D eigenvalue weighted by Crippen LogP contribution is -2.31. The molecule has 1 heterocycles. The Morgan fingerprint density at radius 2 is 2.30 bits per heavy atom. The first-order chi connectivity index (χ1) is 4.75. The fourth-order valence-electron chi connectivity index (χ4n) is 0.974.